The molecule has 0 aliphatic heterocycles. The van der Waals surface area contributed by atoms with Crippen molar-refractivity contribution >= 4 is 10.0 Å². The molecule has 6 heteroatoms. The molecule has 1 rings (SSSR count). The van der Waals surface area contributed by atoms with E-state index >= 15 is 0 Å². The minimum atomic E-state index is -3.19. The van der Waals surface area contributed by atoms with Gasteiger partial charge in [0, 0.05) is 25.0 Å². The van der Waals surface area contributed by atoms with Crippen LogP contribution in [0.4, 0.5) is 0 Å². The first-order valence-corrected chi connectivity index (χ1v) is 7.01. The van der Waals surface area contributed by atoms with Crippen molar-refractivity contribution in [2.45, 2.75) is 33.4 Å². The molecule has 0 fully saturated rings. The second-order valence-electron chi connectivity index (χ2n) is 5.07. The van der Waals surface area contributed by atoms with Gasteiger partial charge in [-0.2, -0.15) is 0 Å². The molecule has 0 spiro atoms. The van der Waals surface area contributed by atoms with Gasteiger partial charge in [-0.1, -0.05) is 20.8 Å². The summed E-state index contributed by atoms with van der Waals surface area (Å²) in [6.07, 6.45) is 6.37. The average Bonchev–Trinajstić information content (AvgIpc) is 2.51. The van der Waals surface area contributed by atoms with Crippen LogP contribution < -0.4 is 4.72 Å². The van der Waals surface area contributed by atoms with Gasteiger partial charge in [0.05, 0.1) is 12.6 Å². The molecule has 1 N–H and O–H groups in total. The van der Waals surface area contributed by atoms with E-state index in [4.69, 9.17) is 0 Å². The Bertz CT molecular complexity index is 417. The Morgan fingerprint density at radius 1 is 1.44 bits per heavy atom. The van der Waals surface area contributed by atoms with E-state index in [1.54, 1.807) is 12.5 Å². The molecule has 0 bridgehead atoms. The molecule has 1 atom stereocenters. The fourth-order valence-corrected chi connectivity index (χ4v) is 2.30. The third-order valence-electron chi connectivity index (χ3n) is 2.35. The minimum Gasteiger partial charge on any atom is -0.336 e. The fraction of sp³-hybridized carbons (Fsp3) is 0.700. The monoisotopic (exact) mass is 245 g/mol. The average molecular weight is 245 g/mol. The second kappa shape index (κ2) is 4.55. The van der Waals surface area contributed by atoms with Gasteiger partial charge in [0.25, 0.3) is 0 Å². The molecule has 5 nitrogen and oxygen atoms in total. The zero-order valence-electron chi connectivity index (χ0n) is 10.1. The molecule has 0 saturated heterocycles. The number of sulfonamides is 1. The van der Waals surface area contributed by atoms with E-state index in [1.807, 2.05) is 31.5 Å². The highest BCUT2D eigenvalue weighted by Gasteiger charge is 2.27. The number of hydrogen-bond donors (Lipinski definition) is 1. The Hall–Kier alpha value is -0.880. The Labute approximate surface area is 96.9 Å². The van der Waals surface area contributed by atoms with Gasteiger partial charge >= 0.3 is 0 Å². The van der Waals surface area contributed by atoms with Crippen molar-refractivity contribution in [3.05, 3.63) is 18.7 Å². The van der Waals surface area contributed by atoms with Crippen LogP contribution >= 0.6 is 0 Å². The molecule has 1 heterocycles. The lowest BCUT2D eigenvalue weighted by atomic mass is 9.87. The summed E-state index contributed by atoms with van der Waals surface area (Å²) in [6.45, 7) is 6.60. The van der Waals surface area contributed by atoms with Gasteiger partial charge in [-0.3, -0.25) is 0 Å². The normalized spacial score (nSPS) is 15.0. The van der Waals surface area contributed by atoms with Gasteiger partial charge in [0.2, 0.25) is 10.0 Å². The maximum Gasteiger partial charge on any atom is 0.209 e. The molecule has 0 aromatic carbocycles. The van der Waals surface area contributed by atoms with Crippen molar-refractivity contribution in [3.63, 3.8) is 0 Å². The van der Waals surface area contributed by atoms with Gasteiger partial charge in [0.15, 0.2) is 0 Å². The Morgan fingerprint density at radius 2 is 2.06 bits per heavy atom. The first-order valence-electron chi connectivity index (χ1n) is 5.11. The predicted octanol–water partition coefficient (Wildman–Crippen LogP) is 0.847. The zero-order chi connectivity index (χ0) is 12.4. The van der Waals surface area contributed by atoms with Crippen LogP contribution in [0.1, 0.15) is 20.8 Å². The number of nitrogens with zero attached hydrogens (tertiary/aromatic N) is 2. The first-order chi connectivity index (χ1) is 7.18. The molecular weight excluding hydrogens is 226 g/mol. The molecule has 0 amide bonds. The van der Waals surface area contributed by atoms with Crippen molar-refractivity contribution < 1.29 is 8.42 Å². The van der Waals surface area contributed by atoms with Crippen LogP contribution in [-0.2, 0) is 16.6 Å². The molecule has 0 radical (unpaired) electrons. The number of nitrogens with one attached hydrogen (secondary N) is 1. The molecule has 16 heavy (non-hydrogen) atoms. The summed E-state index contributed by atoms with van der Waals surface area (Å²) in [5, 5.41) is 0. The third-order valence-corrected chi connectivity index (χ3v) is 3.07. The van der Waals surface area contributed by atoms with E-state index in [0.29, 0.717) is 6.54 Å². The smallest absolute Gasteiger partial charge is 0.209 e. The Kier molecular flexibility index (Phi) is 3.75. The van der Waals surface area contributed by atoms with Crippen LogP contribution in [0.3, 0.4) is 0 Å². The van der Waals surface area contributed by atoms with Gasteiger partial charge in [-0.05, 0) is 5.41 Å². The van der Waals surface area contributed by atoms with Crippen LogP contribution in [0.2, 0.25) is 0 Å². The molecule has 1 aromatic rings. The Morgan fingerprint density at radius 3 is 2.44 bits per heavy atom. The van der Waals surface area contributed by atoms with Crippen molar-refractivity contribution in [2.75, 3.05) is 6.26 Å². The molecule has 0 aliphatic rings. The van der Waals surface area contributed by atoms with Crippen molar-refractivity contribution in [2.24, 2.45) is 5.41 Å². The Balaban J connectivity index is 2.81. The fourth-order valence-electron chi connectivity index (χ4n) is 1.35. The summed E-state index contributed by atoms with van der Waals surface area (Å²) in [4.78, 5) is 3.94. The summed E-state index contributed by atoms with van der Waals surface area (Å²) in [6, 6.07) is -0.156. The number of imidazole rings is 1. The summed E-state index contributed by atoms with van der Waals surface area (Å²) < 4.78 is 27.1. The number of rotatable bonds is 4. The largest absolute Gasteiger partial charge is 0.336 e. The standard InChI is InChI=1S/C10H19N3O2S/c1-10(2,3)9(12-16(4,14)15)7-13-6-5-11-8-13/h5-6,8-9,12H,7H2,1-4H3. The highest BCUT2D eigenvalue weighted by atomic mass is 32.2. The summed E-state index contributed by atoms with van der Waals surface area (Å²) in [7, 11) is -3.19. The lowest BCUT2D eigenvalue weighted by Gasteiger charge is -2.31. The molecular formula is C10H19N3O2S. The van der Waals surface area contributed by atoms with Gasteiger partial charge in [-0.25, -0.2) is 18.1 Å². The highest BCUT2D eigenvalue weighted by Crippen LogP contribution is 2.21. The van der Waals surface area contributed by atoms with Gasteiger partial charge in [0.1, 0.15) is 0 Å². The predicted molar refractivity (Wildman–Crippen MR) is 63.4 cm³/mol. The topological polar surface area (TPSA) is 64.0 Å². The van der Waals surface area contributed by atoms with Crippen LogP contribution in [0, 0.1) is 5.41 Å². The maximum absolute atomic E-state index is 11.3. The first kappa shape index (κ1) is 13.2. The van der Waals surface area contributed by atoms with Gasteiger partial charge in [-0.15, -0.1) is 0 Å². The third kappa shape index (κ3) is 4.32. The van der Waals surface area contributed by atoms with Crippen LogP contribution in [0.15, 0.2) is 18.7 Å². The van der Waals surface area contributed by atoms with E-state index in [2.05, 4.69) is 9.71 Å². The lowest BCUT2D eigenvalue weighted by Crippen LogP contribution is -2.45. The summed E-state index contributed by atoms with van der Waals surface area (Å²) in [5.74, 6) is 0. The van der Waals surface area contributed by atoms with Crippen LogP contribution in [0.25, 0.3) is 0 Å². The minimum absolute atomic E-state index is 0.145. The number of aromatic nitrogens is 2. The van der Waals surface area contributed by atoms with E-state index in [0.717, 1.165) is 0 Å². The second-order valence-corrected chi connectivity index (χ2v) is 6.85. The van der Waals surface area contributed by atoms with Crippen molar-refractivity contribution in [1.82, 2.24) is 14.3 Å². The lowest BCUT2D eigenvalue weighted by molar-refractivity contribution is 0.271. The van der Waals surface area contributed by atoms with E-state index in [-0.39, 0.29) is 11.5 Å². The molecule has 1 unspecified atom stereocenters. The van der Waals surface area contributed by atoms with Crippen molar-refractivity contribution in [1.29, 1.82) is 0 Å². The van der Waals surface area contributed by atoms with Crippen molar-refractivity contribution in [3.8, 4) is 0 Å². The van der Waals surface area contributed by atoms with E-state index in [9.17, 15) is 8.42 Å². The highest BCUT2D eigenvalue weighted by molar-refractivity contribution is 7.88. The zero-order valence-corrected chi connectivity index (χ0v) is 11.0. The van der Waals surface area contributed by atoms with E-state index < -0.39 is 10.0 Å². The quantitative estimate of drug-likeness (QED) is 0.855. The van der Waals surface area contributed by atoms with E-state index in [1.165, 1.54) is 6.26 Å². The van der Waals surface area contributed by atoms with Crippen LogP contribution in [-0.4, -0.2) is 30.3 Å². The number of hydrogen-bond acceptors (Lipinski definition) is 3. The maximum atomic E-state index is 11.3. The molecule has 92 valence electrons. The summed E-state index contributed by atoms with van der Waals surface area (Å²) >= 11 is 0. The van der Waals surface area contributed by atoms with Gasteiger partial charge < -0.3 is 4.57 Å². The van der Waals surface area contributed by atoms with Crippen LogP contribution in [0.5, 0.6) is 0 Å². The molecule has 0 saturated carbocycles. The SMILES string of the molecule is CC(C)(C)C(Cn1ccnc1)NS(C)(=O)=O. The summed E-state index contributed by atoms with van der Waals surface area (Å²) in [5.41, 5.74) is -0.145. The molecule has 1 aromatic heterocycles. The molecule has 0 aliphatic carbocycles.